The highest BCUT2D eigenvalue weighted by Crippen LogP contribution is 2.33. The molecule has 2 rings (SSSR count). The maximum Gasteiger partial charge on any atom is 0.374 e. The van der Waals surface area contributed by atoms with Crippen molar-refractivity contribution < 1.29 is 19.2 Å². The van der Waals surface area contributed by atoms with Crippen molar-refractivity contribution in [3.63, 3.8) is 0 Å². The van der Waals surface area contributed by atoms with E-state index < -0.39 is 5.97 Å². The average Bonchev–Trinajstić information content (AvgIpc) is 2.77. The second-order valence-corrected chi connectivity index (χ2v) is 4.50. The number of rotatable bonds is 4. The van der Waals surface area contributed by atoms with Gasteiger partial charge in [-0.05, 0) is 32.4 Å². The Morgan fingerprint density at radius 1 is 1.42 bits per heavy atom. The van der Waals surface area contributed by atoms with Gasteiger partial charge in [0, 0.05) is 11.6 Å². The van der Waals surface area contributed by atoms with Gasteiger partial charge in [0.1, 0.15) is 11.4 Å². The summed E-state index contributed by atoms with van der Waals surface area (Å²) in [5.41, 5.74) is 2.17. The van der Waals surface area contributed by atoms with E-state index in [1.165, 1.54) is 6.07 Å². The topological polar surface area (TPSA) is 72.6 Å². The fourth-order valence-corrected chi connectivity index (χ4v) is 1.82. The van der Waals surface area contributed by atoms with Crippen molar-refractivity contribution in [1.82, 2.24) is 5.16 Å². The van der Waals surface area contributed by atoms with Crippen LogP contribution in [0.4, 0.5) is 0 Å². The van der Waals surface area contributed by atoms with Crippen LogP contribution in [-0.4, -0.2) is 22.3 Å². The molecule has 2 aromatic rings. The minimum Gasteiger partial charge on any atom is -0.490 e. The third-order valence-corrected chi connectivity index (χ3v) is 2.57. The van der Waals surface area contributed by atoms with Gasteiger partial charge in [-0.1, -0.05) is 17.3 Å². The zero-order valence-electron chi connectivity index (χ0n) is 11.0. The number of hydrogen-bond acceptors (Lipinski definition) is 4. The fourth-order valence-electron chi connectivity index (χ4n) is 1.82. The summed E-state index contributed by atoms with van der Waals surface area (Å²) < 4.78 is 10.5. The predicted octanol–water partition coefficient (Wildman–Crippen LogP) is 3.14. The van der Waals surface area contributed by atoms with Crippen LogP contribution in [0.2, 0.25) is 0 Å². The Labute approximate surface area is 110 Å². The van der Waals surface area contributed by atoms with E-state index >= 15 is 0 Å². The second-order valence-electron chi connectivity index (χ2n) is 4.50. The summed E-state index contributed by atoms with van der Waals surface area (Å²) in [6, 6.07) is 7.03. The van der Waals surface area contributed by atoms with Crippen molar-refractivity contribution in [2.24, 2.45) is 0 Å². The van der Waals surface area contributed by atoms with Crippen LogP contribution in [0.25, 0.3) is 11.3 Å². The molecular formula is C14H15NO4. The van der Waals surface area contributed by atoms with Gasteiger partial charge in [0.2, 0.25) is 5.76 Å². The van der Waals surface area contributed by atoms with Crippen molar-refractivity contribution in [2.45, 2.75) is 26.9 Å². The van der Waals surface area contributed by atoms with Gasteiger partial charge in [0.25, 0.3) is 0 Å². The number of benzene rings is 1. The first-order valence-electron chi connectivity index (χ1n) is 5.95. The summed E-state index contributed by atoms with van der Waals surface area (Å²) in [6.45, 7) is 5.77. The molecule has 0 fully saturated rings. The highest BCUT2D eigenvalue weighted by atomic mass is 16.5. The number of carboxylic acids is 1. The highest BCUT2D eigenvalue weighted by Gasteiger charge is 2.17. The van der Waals surface area contributed by atoms with Gasteiger partial charge in [-0.25, -0.2) is 4.79 Å². The molecule has 0 unspecified atom stereocenters. The molecule has 1 aromatic carbocycles. The zero-order chi connectivity index (χ0) is 14.0. The summed E-state index contributed by atoms with van der Waals surface area (Å²) in [7, 11) is 0. The van der Waals surface area contributed by atoms with E-state index in [-0.39, 0.29) is 11.9 Å². The van der Waals surface area contributed by atoms with Crippen LogP contribution in [0, 0.1) is 6.92 Å². The molecule has 0 aliphatic carbocycles. The van der Waals surface area contributed by atoms with Crippen molar-refractivity contribution in [2.75, 3.05) is 0 Å². The van der Waals surface area contributed by atoms with Gasteiger partial charge in [0.05, 0.1) is 6.10 Å². The van der Waals surface area contributed by atoms with Crippen LogP contribution in [0.3, 0.4) is 0 Å². The summed E-state index contributed by atoms with van der Waals surface area (Å²) in [6.07, 6.45) is 0.0198. The molecule has 0 saturated carbocycles. The largest absolute Gasteiger partial charge is 0.490 e. The number of ether oxygens (including phenoxy) is 1. The molecule has 0 bridgehead atoms. The molecule has 0 amide bonds. The molecule has 1 aromatic heterocycles. The summed E-state index contributed by atoms with van der Waals surface area (Å²) in [4.78, 5) is 10.8. The average molecular weight is 261 g/mol. The lowest BCUT2D eigenvalue weighted by Crippen LogP contribution is -2.07. The van der Waals surface area contributed by atoms with Crippen molar-refractivity contribution in [3.8, 4) is 17.0 Å². The van der Waals surface area contributed by atoms with Gasteiger partial charge in [-0.2, -0.15) is 0 Å². The summed E-state index contributed by atoms with van der Waals surface area (Å²) in [5, 5.41) is 12.7. The first-order chi connectivity index (χ1) is 8.99. The molecule has 100 valence electrons. The number of aryl methyl sites for hydroxylation is 1. The smallest absolute Gasteiger partial charge is 0.374 e. The Kier molecular flexibility index (Phi) is 3.55. The maximum atomic E-state index is 10.8. The zero-order valence-corrected chi connectivity index (χ0v) is 11.0. The van der Waals surface area contributed by atoms with E-state index in [1.54, 1.807) is 0 Å². The molecule has 0 saturated heterocycles. The van der Waals surface area contributed by atoms with Gasteiger partial charge in [-0.15, -0.1) is 0 Å². The first kappa shape index (κ1) is 13.1. The van der Waals surface area contributed by atoms with E-state index in [0.29, 0.717) is 11.4 Å². The molecule has 1 N–H and O–H groups in total. The number of hydrogen-bond donors (Lipinski definition) is 1. The quantitative estimate of drug-likeness (QED) is 0.915. The molecule has 5 nitrogen and oxygen atoms in total. The summed E-state index contributed by atoms with van der Waals surface area (Å²) in [5.74, 6) is -0.660. The van der Waals surface area contributed by atoms with E-state index in [2.05, 4.69) is 5.16 Å². The van der Waals surface area contributed by atoms with Gasteiger partial charge < -0.3 is 14.4 Å². The van der Waals surface area contributed by atoms with E-state index in [0.717, 1.165) is 11.1 Å². The van der Waals surface area contributed by atoms with Gasteiger partial charge >= 0.3 is 5.97 Å². The number of aromatic nitrogens is 1. The Bertz CT molecular complexity index is 601. The maximum absolute atomic E-state index is 10.8. The SMILES string of the molecule is Cc1cccc(OC(C)C)c1-c1cc(C(=O)O)on1. The van der Waals surface area contributed by atoms with Crippen molar-refractivity contribution in [1.29, 1.82) is 0 Å². The molecule has 0 aliphatic heterocycles. The van der Waals surface area contributed by atoms with Crippen LogP contribution in [0.5, 0.6) is 5.75 Å². The van der Waals surface area contributed by atoms with E-state index in [4.69, 9.17) is 14.4 Å². The van der Waals surface area contributed by atoms with Gasteiger partial charge in [-0.3, -0.25) is 0 Å². The monoisotopic (exact) mass is 261 g/mol. The van der Waals surface area contributed by atoms with Crippen LogP contribution < -0.4 is 4.74 Å². The van der Waals surface area contributed by atoms with Crippen molar-refractivity contribution in [3.05, 3.63) is 35.6 Å². The van der Waals surface area contributed by atoms with Crippen LogP contribution in [-0.2, 0) is 0 Å². The van der Waals surface area contributed by atoms with Crippen LogP contribution >= 0.6 is 0 Å². The number of nitrogens with zero attached hydrogens (tertiary/aromatic N) is 1. The second kappa shape index (κ2) is 5.14. The Morgan fingerprint density at radius 3 is 2.74 bits per heavy atom. The fraction of sp³-hybridized carbons (Fsp3) is 0.286. The third-order valence-electron chi connectivity index (χ3n) is 2.57. The van der Waals surface area contributed by atoms with Crippen molar-refractivity contribution >= 4 is 5.97 Å². The lowest BCUT2D eigenvalue weighted by molar-refractivity contribution is 0.0652. The van der Waals surface area contributed by atoms with Crippen LogP contribution in [0.15, 0.2) is 28.8 Å². The molecule has 0 radical (unpaired) electrons. The Hall–Kier alpha value is -2.30. The molecule has 0 spiro atoms. The summed E-state index contributed by atoms with van der Waals surface area (Å²) >= 11 is 0. The highest BCUT2D eigenvalue weighted by molar-refractivity contribution is 5.86. The molecule has 1 heterocycles. The molecule has 5 heteroatoms. The van der Waals surface area contributed by atoms with Gasteiger partial charge in [0.15, 0.2) is 0 Å². The Balaban J connectivity index is 2.50. The normalized spacial score (nSPS) is 10.7. The minimum absolute atomic E-state index is 0.0198. The molecule has 19 heavy (non-hydrogen) atoms. The molecular weight excluding hydrogens is 246 g/mol. The lowest BCUT2D eigenvalue weighted by Gasteiger charge is -2.14. The standard InChI is InChI=1S/C14H15NO4/c1-8(2)18-11-6-4-5-9(3)13(11)10-7-12(14(16)17)19-15-10/h4-8H,1-3H3,(H,16,17). The number of aromatic carboxylic acids is 1. The molecule has 0 atom stereocenters. The lowest BCUT2D eigenvalue weighted by atomic mass is 10.0. The first-order valence-corrected chi connectivity index (χ1v) is 5.95. The third kappa shape index (κ3) is 2.76. The van der Waals surface area contributed by atoms with E-state index in [1.807, 2.05) is 39.0 Å². The van der Waals surface area contributed by atoms with Crippen LogP contribution in [0.1, 0.15) is 30.0 Å². The van der Waals surface area contributed by atoms with E-state index in [9.17, 15) is 4.79 Å². The predicted molar refractivity (Wildman–Crippen MR) is 69.4 cm³/mol. The molecule has 0 aliphatic rings. The Morgan fingerprint density at radius 2 is 2.16 bits per heavy atom. The number of carboxylic acid groups (broad SMARTS) is 1. The number of carbonyl (C=O) groups is 1. The minimum atomic E-state index is -1.14.